The smallest absolute Gasteiger partial charge is 0.163 e. The number of nitrogens with zero attached hydrogens (tertiary/aromatic N) is 1. The maximum absolute atomic E-state index is 5.99. The quantitative estimate of drug-likeness (QED) is 0.761. The van der Waals surface area contributed by atoms with E-state index in [9.17, 15) is 0 Å². The third kappa shape index (κ3) is 1.16. The average Bonchev–Trinajstić information content (AvgIpc) is 2.53. The van der Waals surface area contributed by atoms with E-state index in [-0.39, 0.29) is 0 Å². The SMILES string of the molecule is COc1c(Cl)cc(C)c2cn[nH]c12. The summed E-state index contributed by atoms with van der Waals surface area (Å²) in [6.45, 7) is 1.99. The maximum atomic E-state index is 5.99. The number of fused-ring (bicyclic) bond motifs is 1. The monoisotopic (exact) mass is 196 g/mol. The molecule has 1 N–H and O–H groups in total. The van der Waals surface area contributed by atoms with Gasteiger partial charge in [0.25, 0.3) is 0 Å². The van der Waals surface area contributed by atoms with E-state index < -0.39 is 0 Å². The molecule has 0 saturated carbocycles. The zero-order valence-corrected chi connectivity index (χ0v) is 8.14. The van der Waals surface area contributed by atoms with Gasteiger partial charge in [-0.15, -0.1) is 0 Å². The van der Waals surface area contributed by atoms with Crippen LogP contribution in [0, 0.1) is 6.92 Å². The van der Waals surface area contributed by atoms with E-state index in [0.717, 1.165) is 16.5 Å². The molecule has 0 unspecified atom stereocenters. The standard InChI is InChI=1S/C9H9ClN2O/c1-5-3-7(10)9(13-2)8-6(5)4-11-12-8/h3-4H,1-2H3,(H,11,12). The highest BCUT2D eigenvalue weighted by Crippen LogP contribution is 2.33. The summed E-state index contributed by atoms with van der Waals surface area (Å²) in [6.07, 6.45) is 1.77. The first-order valence-electron chi connectivity index (χ1n) is 3.90. The van der Waals surface area contributed by atoms with Gasteiger partial charge in [-0.25, -0.2) is 0 Å². The van der Waals surface area contributed by atoms with Crippen molar-refractivity contribution in [2.45, 2.75) is 6.92 Å². The lowest BCUT2D eigenvalue weighted by Gasteiger charge is -2.05. The van der Waals surface area contributed by atoms with Crippen molar-refractivity contribution in [3.8, 4) is 5.75 Å². The number of aryl methyl sites for hydroxylation is 1. The number of nitrogens with one attached hydrogen (secondary N) is 1. The van der Waals surface area contributed by atoms with Crippen LogP contribution in [0.1, 0.15) is 5.56 Å². The predicted molar refractivity (Wildman–Crippen MR) is 52.4 cm³/mol. The van der Waals surface area contributed by atoms with Crippen molar-refractivity contribution in [2.24, 2.45) is 0 Å². The number of benzene rings is 1. The van der Waals surface area contributed by atoms with Crippen molar-refractivity contribution in [1.29, 1.82) is 0 Å². The Hall–Kier alpha value is -1.22. The van der Waals surface area contributed by atoms with Crippen molar-refractivity contribution < 1.29 is 4.74 Å². The fourth-order valence-corrected chi connectivity index (χ4v) is 1.75. The molecule has 1 aromatic heterocycles. The number of H-pyrrole nitrogens is 1. The molecule has 0 amide bonds. The summed E-state index contributed by atoms with van der Waals surface area (Å²) in [5.41, 5.74) is 1.95. The zero-order chi connectivity index (χ0) is 9.42. The summed E-state index contributed by atoms with van der Waals surface area (Å²) in [7, 11) is 1.59. The highest BCUT2D eigenvalue weighted by Gasteiger charge is 2.10. The Morgan fingerprint density at radius 3 is 3.00 bits per heavy atom. The Bertz CT molecular complexity index is 450. The highest BCUT2D eigenvalue weighted by atomic mass is 35.5. The first kappa shape index (κ1) is 8.38. The molecule has 68 valence electrons. The molecule has 0 fully saturated rings. The topological polar surface area (TPSA) is 37.9 Å². The third-order valence-electron chi connectivity index (χ3n) is 2.06. The molecule has 2 rings (SSSR count). The van der Waals surface area contributed by atoms with Gasteiger partial charge in [0.05, 0.1) is 18.3 Å². The van der Waals surface area contributed by atoms with Crippen LogP contribution in [0.3, 0.4) is 0 Å². The number of ether oxygens (including phenoxy) is 1. The second-order valence-corrected chi connectivity index (χ2v) is 3.27. The van der Waals surface area contributed by atoms with Crippen molar-refractivity contribution in [2.75, 3.05) is 7.11 Å². The first-order chi connectivity index (χ1) is 6.24. The number of hydrogen-bond donors (Lipinski definition) is 1. The molecule has 0 saturated heterocycles. The molecule has 2 aromatic rings. The van der Waals surface area contributed by atoms with Crippen LogP contribution in [0.4, 0.5) is 0 Å². The molecule has 0 aliphatic carbocycles. The summed E-state index contributed by atoms with van der Waals surface area (Å²) in [5.74, 6) is 0.653. The second kappa shape index (κ2) is 2.92. The minimum Gasteiger partial charge on any atom is -0.493 e. The minimum absolute atomic E-state index is 0.608. The van der Waals surface area contributed by atoms with Crippen LogP contribution in [-0.4, -0.2) is 17.3 Å². The fraction of sp³-hybridized carbons (Fsp3) is 0.222. The van der Waals surface area contributed by atoms with Gasteiger partial charge >= 0.3 is 0 Å². The summed E-state index contributed by atoms with van der Waals surface area (Å²) < 4.78 is 5.17. The molecule has 13 heavy (non-hydrogen) atoms. The molecule has 0 spiro atoms. The Morgan fingerprint density at radius 2 is 2.31 bits per heavy atom. The zero-order valence-electron chi connectivity index (χ0n) is 7.39. The van der Waals surface area contributed by atoms with Gasteiger partial charge < -0.3 is 4.74 Å². The Labute approximate surface area is 80.7 Å². The van der Waals surface area contributed by atoms with Gasteiger partial charge in [0.2, 0.25) is 0 Å². The Balaban J connectivity index is 2.88. The van der Waals surface area contributed by atoms with Crippen molar-refractivity contribution in [1.82, 2.24) is 10.2 Å². The molecular weight excluding hydrogens is 188 g/mol. The van der Waals surface area contributed by atoms with Crippen molar-refractivity contribution >= 4 is 22.5 Å². The van der Waals surface area contributed by atoms with Gasteiger partial charge in [0.15, 0.2) is 5.75 Å². The second-order valence-electron chi connectivity index (χ2n) is 2.87. The normalized spacial score (nSPS) is 10.7. The maximum Gasteiger partial charge on any atom is 0.163 e. The Kier molecular flexibility index (Phi) is 1.88. The number of aromatic amines is 1. The fourth-order valence-electron chi connectivity index (χ4n) is 1.41. The van der Waals surface area contributed by atoms with Gasteiger partial charge in [0.1, 0.15) is 5.52 Å². The van der Waals surface area contributed by atoms with Crippen molar-refractivity contribution in [3.05, 3.63) is 22.8 Å². The molecule has 1 heterocycles. The first-order valence-corrected chi connectivity index (χ1v) is 4.28. The van der Waals surface area contributed by atoms with E-state index in [4.69, 9.17) is 16.3 Å². The van der Waals surface area contributed by atoms with E-state index in [0.29, 0.717) is 10.8 Å². The van der Waals surface area contributed by atoms with E-state index in [1.54, 1.807) is 13.3 Å². The third-order valence-corrected chi connectivity index (χ3v) is 2.34. The lowest BCUT2D eigenvalue weighted by Crippen LogP contribution is -1.87. The molecular formula is C9H9ClN2O. The van der Waals surface area contributed by atoms with Crippen LogP contribution in [0.15, 0.2) is 12.3 Å². The number of rotatable bonds is 1. The van der Waals surface area contributed by atoms with E-state index in [1.165, 1.54) is 0 Å². The summed E-state index contributed by atoms with van der Waals surface area (Å²) in [4.78, 5) is 0. The molecule has 0 radical (unpaired) electrons. The average molecular weight is 197 g/mol. The van der Waals surface area contributed by atoms with Gasteiger partial charge in [-0.05, 0) is 18.6 Å². The van der Waals surface area contributed by atoms with Crippen LogP contribution in [0.5, 0.6) is 5.75 Å². The van der Waals surface area contributed by atoms with E-state index in [1.807, 2.05) is 13.0 Å². The molecule has 1 aromatic carbocycles. The lowest BCUT2D eigenvalue weighted by atomic mass is 10.1. The van der Waals surface area contributed by atoms with Crippen LogP contribution in [-0.2, 0) is 0 Å². The molecule has 0 atom stereocenters. The minimum atomic E-state index is 0.608. The van der Waals surface area contributed by atoms with Crippen LogP contribution >= 0.6 is 11.6 Å². The molecule has 4 heteroatoms. The number of methoxy groups -OCH3 is 1. The van der Waals surface area contributed by atoms with Gasteiger partial charge in [0, 0.05) is 5.39 Å². The molecule has 0 aliphatic rings. The molecule has 0 aliphatic heterocycles. The van der Waals surface area contributed by atoms with Gasteiger partial charge in [-0.1, -0.05) is 11.6 Å². The summed E-state index contributed by atoms with van der Waals surface area (Å²) in [6, 6.07) is 1.87. The summed E-state index contributed by atoms with van der Waals surface area (Å²) >= 11 is 5.99. The summed E-state index contributed by atoms with van der Waals surface area (Å²) in [5, 5.41) is 8.46. The number of hydrogen-bond acceptors (Lipinski definition) is 2. The lowest BCUT2D eigenvalue weighted by molar-refractivity contribution is 0.419. The van der Waals surface area contributed by atoms with E-state index >= 15 is 0 Å². The van der Waals surface area contributed by atoms with Crippen LogP contribution < -0.4 is 4.74 Å². The largest absolute Gasteiger partial charge is 0.493 e. The van der Waals surface area contributed by atoms with E-state index in [2.05, 4.69) is 10.2 Å². The van der Waals surface area contributed by atoms with Crippen molar-refractivity contribution in [3.63, 3.8) is 0 Å². The van der Waals surface area contributed by atoms with Crippen LogP contribution in [0.25, 0.3) is 10.9 Å². The number of halogens is 1. The predicted octanol–water partition coefficient (Wildman–Crippen LogP) is 2.53. The van der Waals surface area contributed by atoms with Gasteiger partial charge in [-0.2, -0.15) is 5.10 Å². The molecule has 3 nitrogen and oxygen atoms in total. The number of aromatic nitrogens is 2. The molecule has 0 bridgehead atoms. The van der Waals surface area contributed by atoms with Gasteiger partial charge in [-0.3, -0.25) is 5.10 Å². The van der Waals surface area contributed by atoms with Crippen LogP contribution in [0.2, 0.25) is 5.02 Å². The highest BCUT2D eigenvalue weighted by molar-refractivity contribution is 6.33. The Morgan fingerprint density at radius 1 is 1.54 bits per heavy atom.